The molecule has 5 heteroatoms. The summed E-state index contributed by atoms with van der Waals surface area (Å²) in [5.41, 5.74) is 0. The zero-order valence-corrected chi connectivity index (χ0v) is 13.0. The van der Waals surface area contributed by atoms with Gasteiger partial charge in [0.15, 0.2) is 0 Å². The average molecular weight is 351 g/mol. The first-order valence-corrected chi connectivity index (χ1v) is 6.76. The standard InChI is InChI=1S/C11H17Br2N3/c1-15(2)5-4-6-16(3)11-10(13)7-9(12)8-14-11/h7-8H,4-6H2,1-3H3. The van der Waals surface area contributed by atoms with Crippen molar-refractivity contribution in [2.24, 2.45) is 0 Å². The Morgan fingerprint density at radius 3 is 2.44 bits per heavy atom. The Kier molecular flexibility index (Phi) is 5.72. The fourth-order valence-corrected chi connectivity index (χ4v) is 2.71. The molecule has 0 aliphatic heterocycles. The Labute approximate surface area is 114 Å². The molecule has 16 heavy (non-hydrogen) atoms. The summed E-state index contributed by atoms with van der Waals surface area (Å²) >= 11 is 6.92. The summed E-state index contributed by atoms with van der Waals surface area (Å²) in [6, 6.07) is 2.02. The van der Waals surface area contributed by atoms with E-state index in [0.29, 0.717) is 0 Å². The van der Waals surface area contributed by atoms with E-state index in [1.165, 1.54) is 0 Å². The fourth-order valence-electron chi connectivity index (χ4n) is 1.42. The molecule has 0 bridgehead atoms. The van der Waals surface area contributed by atoms with Gasteiger partial charge in [0.25, 0.3) is 0 Å². The van der Waals surface area contributed by atoms with Crippen LogP contribution in [0.5, 0.6) is 0 Å². The van der Waals surface area contributed by atoms with E-state index in [4.69, 9.17) is 0 Å². The Bertz CT molecular complexity index is 342. The van der Waals surface area contributed by atoms with Gasteiger partial charge in [0, 0.05) is 24.3 Å². The largest absolute Gasteiger partial charge is 0.359 e. The van der Waals surface area contributed by atoms with Gasteiger partial charge in [-0.15, -0.1) is 0 Å². The minimum atomic E-state index is 0.988. The smallest absolute Gasteiger partial charge is 0.142 e. The predicted octanol–water partition coefficient (Wildman–Crippen LogP) is 2.99. The number of pyridine rings is 1. The fraction of sp³-hybridized carbons (Fsp3) is 0.545. The molecule has 0 amide bonds. The van der Waals surface area contributed by atoms with E-state index in [0.717, 1.165) is 34.3 Å². The van der Waals surface area contributed by atoms with E-state index in [-0.39, 0.29) is 0 Å². The monoisotopic (exact) mass is 349 g/mol. The molecule has 1 heterocycles. The number of hydrogen-bond donors (Lipinski definition) is 0. The molecule has 1 aromatic heterocycles. The third kappa shape index (κ3) is 4.39. The van der Waals surface area contributed by atoms with Gasteiger partial charge in [-0.2, -0.15) is 0 Å². The van der Waals surface area contributed by atoms with E-state index < -0.39 is 0 Å². The van der Waals surface area contributed by atoms with Crippen LogP contribution in [0.2, 0.25) is 0 Å². The second kappa shape index (κ2) is 6.57. The summed E-state index contributed by atoms with van der Waals surface area (Å²) < 4.78 is 2.01. The van der Waals surface area contributed by atoms with E-state index >= 15 is 0 Å². The van der Waals surface area contributed by atoms with Crippen molar-refractivity contribution in [3.8, 4) is 0 Å². The van der Waals surface area contributed by atoms with Gasteiger partial charge in [0.1, 0.15) is 5.82 Å². The van der Waals surface area contributed by atoms with Crippen molar-refractivity contribution in [2.75, 3.05) is 39.1 Å². The minimum Gasteiger partial charge on any atom is -0.359 e. The van der Waals surface area contributed by atoms with Gasteiger partial charge in [0.05, 0.1) is 4.47 Å². The number of rotatable bonds is 5. The molecular formula is C11H17Br2N3. The van der Waals surface area contributed by atoms with Crippen LogP contribution in [0.1, 0.15) is 6.42 Å². The summed E-state index contributed by atoms with van der Waals surface area (Å²) in [6.07, 6.45) is 2.95. The molecule has 0 radical (unpaired) electrons. The lowest BCUT2D eigenvalue weighted by atomic mass is 10.3. The highest BCUT2D eigenvalue weighted by Gasteiger charge is 2.07. The quantitative estimate of drug-likeness (QED) is 0.813. The highest BCUT2D eigenvalue weighted by atomic mass is 79.9. The van der Waals surface area contributed by atoms with E-state index in [1.807, 2.05) is 12.3 Å². The molecule has 0 atom stereocenters. The third-order valence-corrected chi connectivity index (χ3v) is 3.27. The van der Waals surface area contributed by atoms with Crippen LogP contribution in [0.25, 0.3) is 0 Å². The molecule has 0 N–H and O–H groups in total. The zero-order valence-electron chi connectivity index (χ0n) is 9.87. The second-order valence-corrected chi connectivity index (χ2v) is 5.81. The number of halogens is 2. The molecule has 3 nitrogen and oxygen atoms in total. The Hall–Kier alpha value is -0.130. The summed E-state index contributed by atoms with van der Waals surface area (Å²) in [5.74, 6) is 0.988. The predicted molar refractivity (Wildman–Crippen MR) is 76.1 cm³/mol. The van der Waals surface area contributed by atoms with Crippen LogP contribution in [0, 0.1) is 0 Å². The van der Waals surface area contributed by atoms with Gasteiger partial charge < -0.3 is 9.80 Å². The number of nitrogens with zero attached hydrogens (tertiary/aromatic N) is 3. The first-order chi connectivity index (χ1) is 7.50. The molecule has 90 valence electrons. The van der Waals surface area contributed by atoms with Gasteiger partial charge in [-0.25, -0.2) is 4.98 Å². The normalized spacial score (nSPS) is 10.9. The highest BCUT2D eigenvalue weighted by Crippen LogP contribution is 2.25. The molecule has 1 aromatic rings. The van der Waals surface area contributed by atoms with Crippen LogP contribution < -0.4 is 4.90 Å². The molecule has 0 aliphatic carbocycles. The lowest BCUT2D eigenvalue weighted by Crippen LogP contribution is -2.24. The van der Waals surface area contributed by atoms with Gasteiger partial charge in [0.2, 0.25) is 0 Å². The van der Waals surface area contributed by atoms with Crippen molar-refractivity contribution < 1.29 is 0 Å². The van der Waals surface area contributed by atoms with Gasteiger partial charge >= 0.3 is 0 Å². The summed E-state index contributed by atoms with van der Waals surface area (Å²) in [5, 5.41) is 0. The van der Waals surface area contributed by atoms with Crippen molar-refractivity contribution in [1.29, 1.82) is 0 Å². The molecule has 0 spiro atoms. The van der Waals surface area contributed by atoms with Crippen molar-refractivity contribution in [2.45, 2.75) is 6.42 Å². The molecular weight excluding hydrogens is 334 g/mol. The van der Waals surface area contributed by atoms with Crippen molar-refractivity contribution in [3.05, 3.63) is 21.2 Å². The minimum absolute atomic E-state index is 0.988. The van der Waals surface area contributed by atoms with E-state index in [1.54, 1.807) is 0 Å². The number of aromatic nitrogens is 1. The first-order valence-electron chi connectivity index (χ1n) is 5.17. The van der Waals surface area contributed by atoms with Crippen LogP contribution in [-0.2, 0) is 0 Å². The Morgan fingerprint density at radius 1 is 1.19 bits per heavy atom. The summed E-state index contributed by atoms with van der Waals surface area (Å²) in [6.45, 7) is 2.10. The maximum Gasteiger partial charge on any atom is 0.142 e. The number of hydrogen-bond acceptors (Lipinski definition) is 3. The van der Waals surface area contributed by atoms with Gasteiger partial charge in [-0.05, 0) is 65.0 Å². The van der Waals surface area contributed by atoms with Crippen molar-refractivity contribution >= 4 is 37.7 Å². The van der Waals surface area contributed by atoms with Crippen molar-refractivity contribution in [1.82, 2.24) is 9.88 Å². The Morgan fingerprint density at radius 2 is 1.88 bits per heavy atom. The van der Waals surface area contributed by atoms with Crippen LogP contribution in [0.3, 0.4) is 0 Å². The van der Waals surface area contributed by atoms with E-state index in [2.05, 4.69) is 67.8 Å². The van der Waals surface area contributed by atoms with Crippen LogP contribution in [0.4, 0.5) is 5.82 Å². The molecule has 0 aromatic carbocycles. The lowest BCUT2D eigenvalue weighted by molar-refractivity contribution is 0.401. The van der Waals surface area contributed by atoms with Crippen LogP contribution in [0.15, 0.2) is 21.2 Å². The maximum absolute atomic E-state index is 4.39. The first kappa shape index (κ1) is 13.9. The second-order valence-electron chi connectivity index (χ2n) is 4.04. The third-order valence-electron chi connectivity index (χ3n) is 2.25. The lowest BCUT2D eigenvalue weighted by Gasteiger charge is -2.20. The zero-order chi connectivity index (χ0) is 12.1. The molecule has 0 saturated carbocycles. The average Bonchev–Trinajstić information content (AvgIpc) is 2.16. The molecule has 0 fully saturated rings. The SMILES string of the molecule is CN(C)CCCN(C)c1ncc(Br)cc1Br. The highest BCUT2D eigenvalue weighted by molar-refractivity contribution is 9.11. The molecule has 1 rings (SSSR count). The topological polar surface area (TPSA) is 19.4 Å². The molecule has 0 saturated heterocycles. The summed E-state index contributed by atoms with van der Waals surface area (Å²) in [4.78, 5) is 8.75. The Balaban J connectivity index is 2.55. The van der Waals surface area contributed by atoms with Crippen LogP contribution >= 0.6 is 31.9 Å². The van der Waals surface area contributed by atoms with Crippen molar-refractivity contribution in [3.63, 3.8) is 0 Å². The van der Waals surface area contributed by atoms with Gasteiger partial charge in [-0.3, -0.25) is 0 Å². The molecule has 0 aliphatic rings. The number of anilines is 1. The maximum atomic E-state index is 4.39. The van der Waals surface area contributed by atoms with E-state index in [9.17, 15) is 0 Å². The molecule has 0 unspecified atom stereocenters. The van der Waals surface area contributed by atoms with Gasteiger partial charge in [-0.1, -0.05) is 0 Å². The van der Waals surface area contributed by atoms with Crippen LogP contribution in [-0.4, -0.2) is 44.1 Å². The summed E-state index contributed by atoms with van der Waals surface area (Å²) in [7, 11) is 6.25.